The molecule has 0 aliphatic carbocycles. The van der Waals surface area contributed by atoms with E-state index in [1.807, 2.05) is 12.3 Å². The van der Waals surface area contributed by atoms with E-state index in [1.54, 1.807) is 10.9 Å². The number of nitrogens with zero attached hydrogens (tertiary/aromatic N) is 3. The van der Waals surface area contributed by atoms with Crippen LogP contribution in [0.5, 0.6) is 0 Å². The third-order valence-corrected chi connectivity index (χ3v) is 2.71. The van der Waals surface area contributed by atoms with Crippen LogP contribution in [0.25, 0.3) is 11.1 Å². The van der Waals surface area contributed by atoms with E-state index in [1.165, 1.54) is 5.56 Å². The molecular formula is C13H14N4. The van der Waals surface area contributed by atoms with Crippen LogP contribution in [0, 0.1) is 18.3 Å². The number of aryl methyl sites for hydroxylation is 1. The Balaban J connectivity index is 2.41. The summed E-state index contributed by atoms with van der Waals surface area (Å²) in [6.45, 7) is 2.85. The van der Waals surface area contributed by atoms with Crippen LogP contribution in [0.4, 0.5) is 0 Å². The lowest BCUT2D eigenvalue weighted by atomic mass is 10.0. The minimum Gasteiger partial charge on any atom is -0.326 e. The summed E-state index contributed by atoms with van der Waals surface area (Å²) >= 11 is 0. The van der Waals surface area contributed by atoms with Crippen molar-refractivity contribution in [3.63, 3.8) is 0 Å². The lowest BCUT2D eigenvalue weighted by molar-refractivity contribution is 0.710. The predicted octanol–water partition coefficient (Wildman–Crippen LogP) is 1.84. The average molecular weight is 226 g/mol. The van der Waals surface area contributed by atoms with Gasteiger partial charge in [0.1, 0.15) is 6.54 Å². The number of nitrogens with two attached hydrogens (primary N) is 1. The first-order valence-electron chi connectivity index (χ1n) is 5.44. The van der Waals surface area contributed by atoms with Gasteiger partial charge >= 0.3 is 0 Å². The third-order valence-electron chi connectivity index (χ3n) is 2.71. The van der Waals surface area contributed by atoms with Gasteiger partial charge in [0, 0.05) is 18.3 Å². The molecule has 0 aliphatic heterocycles. The molecule has 0 unspecified atom stereocenters. The molecule has 2 rings (SSSR count). The van der Waals surface area contributed by atoms with E-state index in [9.17, 15) is 0 Å². The zero-order valence-corrected chi connectivity index (χ0v) is 9.72. The summed E-state index contributed by atoms with van der Waals surface area (Å²) in [7, 11) is 0. The average Bonchev–Trinajstić information content (AvgIpc) is 2.79. The van der Waals surface area contributed by atoms with E-state index in [-0.39, 0.29) is 6.54 Å². The number of rotatable bonds is 3. The first kappa shape index (κ1) is 11.4. The second-order valence-electron chi connectivity index (χ2n) is 3.94. The molecular weight excluding hydrogens is 212 g/mol. The van der Waals surface area contributed by atoms with E-state index < -0.39 is 0 Å². The molecule has 0 saturated heterocycles. The zero-order chi connectivity index (χ0) is 12.3. The standard InChI is InChI=1S/C13H14N4/c1-10-2-3-11(7-15)6-13(10)12-8-16-17(9-12)5-4-14/h2-3,6,8-9H,5,7,15H2,1H3. The molecule has 1 aromatic heterocycles. The largest absolute Gasteiger partial charge is 0.326 e. The van der Waals surface area contributed by atoms with E-state index in [4.69, 9.17) is 11.0 Å². The molecule has 0 atom stereocenters. The van der Waals surface area contributed by atoms with Crippen LogP contribution in [-0.2, 0) is 13.1 Å². The van der Waals surface area contributed by atoms with Crippen molar-refractivity contribution in [2.45, 2.75) is 20.0 Å². The van der Waals surface area contributed by atoms with Crippen LogP contribution in [0.3, 0.4) is 0 Å². The van der Waals surface area contributed by atoms with E-state index in [2.05, 4.69) is 30.2 Å². The summed E-state index contributed by atoms with van der Waals surface area (Å²) in [4.78, 5) is 0. The van der Waals surface area contributed by atoms with Crippen molar-refractivity contribution in [3.8, 4) is 17.2 Å². The molecule has 0 radical (unpaired) electrons. The minimum absolute atomic E-state index is 0.273. The quantitative estimate of drug-likeness (QED) is 0.868. The highest BCUT2D eigenvalue weighted by atomic mass is 15.3. The zero-order valence-electron chi connectivity index (χ0n) is 9.72. The van der Waals surface area contributed by atoms with Crippen LogP contribution in [-0.4, -0.2) is 9.78 Å². The third kappa shape index (κ3) is 2.35. The van der Waals surface area contributed by atoms with Crippen LogP contribution in [0.1, 0.15) is 11.1 Å². The summed E-state index contributed by atoms with van der Waals surface area (Å²) in [5.74, 6) is 0. The lowest BCUT2D eigenvalue weighted by Crippen LogP contribution is -1.97. The Hall–Kier alpha value is -2.12. The van der Waals surface area contributed by atoms with Gasteiger partial charge in [-0.3, -0.25) is 4.68 Å². The maximum atomic E-state index is 8.61. The van der Waals surface area contributed by atoms with Crippen LogP contribution in [0.2, 0.25) is 0 Å². The second kappa shape index (κ2) is 4.81. The van der Waals surface area contributed by atoms with Gasteiger partial charge in [-0.15, -0.1) is 0 Å². The monoisotopic (exact) mass is 226 g/mol. The highest BCUT2D eigenvalue weighted by Crippen LogP contribution is 2.24. The Morgan fingerprint density at radius 2 is 2.29 bits per heavy atom. The maximum Gasteiger partial charge on any atom is 0.128 e. The van der Waals surface area contributed by atoms with Gasteiger partial charge in [-0.2, -0.15) is 10.4 Å². The van der Waals surface area contributed by atoms with E-state index in [0.29, 0.717) is 6.54 Å². The van der Waals surface area contributed by atoms with Crippen molar-refractivity contribution in [1.82, 2.24) is 9.78 Å². The maximum absolute atomic E-state index is 8.61. The molecule has 17 heavy (non-hydrogen) atoms. The fraction of sp³-hybridized carbons (Fsp3) is 0.231. The van der Waals surface area contributed by atoms with Gasteiger partial charge in [-0.25, -0.2) is 0 Å². The molecule has 4 heteroatoms. The number of aromatic nitrogens is 2. The van der Waals surface area contributed by atoms with Crippen molar-refractivity contribution < 1.29 is 0 Å². The Kier molecular flexibility index (Phi) is 3.22. The summed E-state index contributed by atoms with van der Waals surface area (Å²) in [5, 5.41) is 12.8. The van der Waals surface area contributed by atoms with Gasteiger partial charge < -0.3 is 5.73 Å². The van der Waals surface area contributed by atoms with Gasteiger partial charge in [0.25, 0.3) is 0 Å². The molecule has 0 amide bonds. The van der Waals surface area contributed by atoms with Gasteiger partial charge in [0.2, 0.25) is 0 Å². The summed E-state index contributed by atoms with van der Waals surface area (Å²) in [5.41, 5.74) is 10.1. The van der Waals surface area contributed by atoms with Gasteiger partial charge in [-0.1, -0.05) is 12.1 Å². The van der Waals surface area contributed by atoms with Crippen molar-refractivity contribution in [3.05, 3.63) is 41.7 Å². The second-order valence-corrected chi connectivity index (χ2v) is 3.94. The van der Waals surface area contributed by atoms with E-state index in [0.717, 1.165) is 16.7 Å². The Morgan fingerprint density at radius 1 is 1.47 bits per heavy atom. The topological polar surface area (TPSA) is 67.6 Å². The number of hydrogen-bond acceptors (Lipinski definition) is 3. The highest BCUT2D eigenvalue weighted by molar-refractivity contribution is 5.66. The molecule has 1 heterocycles. The first-order chi connectivity index (χ1) is 8.24. The molecule has 0 bridgehead atoms. The van der Waals surface area contributed by atoms with Crippen molar-refractivity contribution in [1.29, 1.82) is 5.26 Å². The first-order valence-corrected chi connectivity index (χ1v) is 5.44. The molecule has 1 aromatic carbocycles. The molecule has 86 valence electrons. The fourth-order valence-electron chi connectivity index (χ4n) is 1.77. The number of nitriles is 1. The number of benzene rings is 1. The number of hydrogen-bond donors (Lipinski definition) is 1. The highest BCUT2D eigenvalue weighted by Gasteiger charge is 2.05. The Bertz CT molecular complexity index is 563. The molecule has 4 nitrogen and oxygen atoms in total. The van der Waals surface area contributed by atoms with Crippen LogP contribution >= 0.6 is 0 Å². The van der Waals surface area contributed by atoms with Crippen LogP contribution in [0.15, 0.2) is 30.6 Å². The van der Waals surface area contributed by atoms with E-state index >= 15 is 0 Å². The van der Waals surface area contributed by atoms with Gasteiger partial charge in [0.05, 0.1) is 12.3 Å². The summed E-state index contributed by atoms with van der Waals surface area (Å²) in [6, 6.07) is 8.22. The molecule has 0 fully saturated rings. The van der Waals surface area contributed by atoms with Crippen LogP contribution < -0.4 is 5.73 Å². The summed E-state index contributed by atoms with van der Waals surface area (Å²) in [6.07, 6.45) is 3.66. The lowest BCUT2D eigenvalue weighted by Gasteiger charge is -2.05. The van der Waals surface area contributed by atoms with Crippen molar-refractivity contribution >= 4 is 0 Å². The predicted molar refractivity (Wildman–Crippen MR) is 65.9 cm³/mol. The SMILES string of the molecule is Cc1ccc(CN)cc1-c1cnn(CC#N)c1. The molecule has 0 aliphatic rings. The van der Waals surface area contributed by atoms with Crippen molar-refractivity contribution in [2.24, 2.45) is 5.73 Å². The molecule has 0 saturated carbocycles. The van der Waals surface area contributed by atoms with Crippen molar-refractivity contribution in [2.75, 3.05) is 0 Å². The van der Waals surface area contributed by atoms with Gasteiger partial charge in [-0.05, 0) is 29.7 Å². The fourth-order valence-corrected chi connectivity index (χ4v) is 1.77. The van der Waals surface area contributed by atoms with Gasteiger partial charge in [0.15, 0.2) is 0 Å². The normalized spacial score (nSPS) is 10.2. The summed E-state index contributed by atoms with van der Waals surface area (Å²) < 4.78 is 1.63. The Morgan fingerprint density at radius 3 is 3.00 bits per heavy atom. The minimum atomic E-state index is 0.273. The molecule has 2 aromatic rings. The molecule has 0 spiro atoms. The smallest absolute Gasteiger partial charge is 0.128 e. The molecule has 2 N–H and O–H groups in total. The Labute approximate surface area is 100 Å².